The minimum atomic E-state index is -1.05. The fourth-order valence-corrected chi connectivity index (χ4v) is 4.07. The summed E-state index contributed by atoms with van der Waals surface area (Å²) in [5.41, 5.74) is 3.49. The summed E-state index contributed by atoms with van der Waals surface area (Å²) in [4.78, 5) is 29.0. The molecular weight excluding hydrogens is 454 g/mol. The van der Waals surface area contributed by atoms with Crippen molar-refractivity contribution in [2.24, 2.45) is 4.99 Å². The zero-order valence-corrected chi connectivity index (χ0v) is 20.1. The summed E-state index contributed by atoms with van der Waals surface area (Å²) in [5.74, 6) is 5.30. The number of hydrogen-bond donors (Lipinski definition) is 4. The van der Waals surface area contributed by atoms with E-state index in [0.29, 0.717) is 29.8 Å². The van der Waals surface area contributed by atoms with E-state index >= 15 is 0 Å². The summed E-state index contributed by atoms with van der Waals surface area (Å²) in [5, 5.41) is 15.6. The zero-order chi connectivity index (χ0) is 23.6. The molecule has 172 valence electrons. The number of carbonyl (C=O) groups excluding carboxylic acids is 1. The number of hydrogen-bond acceptors (Lipinski definition) is 6. The predicted octanol–water partition coefficient (Wildman–Crippen LogP) is 3.58. The molecule has 1 unspecified atom stereocenters. The molecule has 3 rings (SSSR count). The molecule has 0 aliphatic carbocycles. The van der Waals surface area contributed by atoms with Gasteiger partial charge in [0.2, 0.25) is 0 Å². The first-order valence-corrected chi connectivity index (χ1v) is 12.6. The van der Waals surface area contributed by atoms with Crippen LogP contribution in [0.5, 0.6) is 0 Å². The molecule has 2 atom stereocenters. The zero-order valence-electron chi connectivity index (χ0n) is 18.4. The molecule has 1 aliphatic rings. The van der Waals surface area contributed by atoms with Crippen LogP contribution >= 0.6 is 24.4 Å². The summed E-state index contributed by atoms with van der Waals surface area (Å²) < 4.78 is 0. The SMILES string of the molecule is CSCC[C@H](NC(=O)c1ccc(NCC2=NCCC2S)cc1C#Cc1ccccc1)C(=O)O. The lowest BCUT2D eigenvalue weighted by atomic mass is 10.0. The fourth-order valence-electron chi connectivity index (χ4n) is 3.31. The van der Waals surface area contributed by atoms with Crippen molar-refractivity contribution in [3.05, 3.63) is 65.2 Å². The molecule has 0 saturated heterocycles. The molecule has 0 aromatic heterocycles. The lowest BCUT2D eigenvalue weighted by Gasteiger charge is -2.16. The molecule has 1 heterocycles. The number of thioether (sulfide) groups is 1. The highest BCUT2D eigenvalue weighted by molar-refractivity contribution is 7.98. The van der Waals surface area contributed by atoms with E-state index in [2.05, 4.69) is 40.1 Å². The number of nitrogens with one attached hydrogen (secondary N) is 2. The van der Waals surface area contributed by atoms with E-state index in [0.717, 1.165) is 29.9 Å². The average Bonchev–Trinajstić information content (AvgIpc) is 3.24. The number of carboxylic acids is 1. The van der Waals surface area contributed by atoms with Crippen LogP contribution in [0.1, 0.15) is 34.3 Å². The number of aliphatic carboxylic acids is 1. The summed E-state index contributed by atoms with van der Waals surface area (Å²) in [7, 11) is 0. The maximum Gasteiger partial charge on any atom is 0.326 e. The quantitative estimate of drug-likeness (QED) is 0.325. The second kappa shape index (κ2) is 12.4. The lowest BCUT2D eigenvalue weighted by Crippen LogP contribution is -2.41. The molecule has 6 nitrogen and oxygen atoms in total. The highest BCUT2D eigenvalue weighted by Crippen LogP contribution is 2.18. The third-order valence-electron chi connectivity index (χ3n) is 5.17. The number of carboxylic acid groups (broad SMARTS) is 1. The van der Waals surface area contributed by atoms with Gasteiger partial charge in [-0.25, -0.2) is 4.79 Å². The Morgan fingerprint density at radius 1 is 1.24 bits per heavy atom. The third kappa shape index (κ3) is 7.31. The Balaban J connectivity index is 1.85. The molecule has 3 N–H and O–H groups in total. The van der Waals surface area contributed by atoms with Crippen molar-refractivity contribution in [2.45, 2.75) is 24.1 Å². The van der Waals surface area contributed by atoms with E-state index in [1.165, 1.54) is 11.8 Å². The van der Waals surface area contributed by atoms with Gasteiger partial charge in [0.25, 0.3) is 5.91 Å². The molecule has 0 radical (unpaired) electrons. The summed E-state index contributed by atoms with van der Waals surface area (Å²) in [6, 6.07) is 13.8. The minimum Gasteiger partial charge on any atom is -0.480 e. The summed E-state index contributed by atoms with van der Waals surface area (Å²) in [6.07, 6.45) is 3.19. The van der Waals surface area contributed by atoms with Gasteiger partial charge in [-0.2, -0.15) is 24.4 Å². The van der Waals surface area contributed by atoms with E-state index in [-0.39, 0.29) is 5.25 Å². The van der Waals surface area contributed by atoms with E-state index in [1.54, 1.807) is 12.1 Å². The van der Waals surface area contributed by atoms with Crippen molar-refractivity contribution in [2.75, 3.05) is 30.4 Å². The van der Waals surface area contributed by atoms with Gasteiger partial charge >= 0.3 is 5.97 Å². The molecule has 0 fully saturated rings. The minimum absolute atomic E-state index is 0.161. The number of benzene rings is 2. The van der Waals surface area contributed by atoms with Crippen LogP contribution in [0.15, 0.2) is 53.5 Å². The number of amides is 1. The molecule has 0 saturated carbocycles. The molecule has 2 aromatic carbocycles. The van der Waals surface area contributed by atoms with Crippen molar-refractivity contribution >= 4 is 47.7 Å². The smallest absolute Gasteiger partial charge is 0.326 e. The van der Waals surface area contributed by atoms with Crippen LogP contribution in [-0.4, -0.2) is 59.1 Å². The van der Waals surface area contributed by atoms with Crippen LogP contribution in [0.2, 0.25) is 0 Å². The highest BCUT2D eigenvalue weighted by Gasteiger charge is 2.22. The molecule has 33 heavy (non-hydrogen) atoms. The van der Waals surface area contributed by atoms with Crippen LogP contribution in [-0.2, 0) is 4.79 Å². The van der Waals surface area contributed by atoms with Crippen molar-refractivity contribution < 1.29 is 14.7 Å². The van der Waals surface area contributed by atoms with Crippen molar-refractivity contribution in [3.8, 4) is 11.8 Å². The van der Waals surface area contributed by atoms with Crippen molar-refractivity contribution in [1.29, 1.82) is 0 Å². The van der Waals surface area contributed by atoms with Gasteiger partial charge in [-0.3, -0.25) is 9.79 Å². The van der Waals surface area contributed by atoms with E-state index < -0.39 is 17.9 Å². The van der Waals surface area contributed by atoms with Gasteiger partial charge in [0.05, 0.1) is 12.1 Å². The average molecular weight is 482 g/mol. The van der Waals surface area contributed by atoms with Crippen LogP contribution < -0.4 is 10.6 Å². The Morgan fingerprint density at radius 2 is 2.03 bits per heavy atom. The summed E-state index contributed by atoms with van der Waals surface area (Å²) in [6.45, 7) is 1.36. The number of anilines is 1. The summed E-state index contributed by atoms with van der Waals surface area (Å²) >= 11 is 6.08. The molecule has 1 amide bonds. The number of rotatable bonds is 9. The highest BCUT2D eigenvalue weighted by atomic mass is 32.2. The normalized spacial score (nSPS) is 15.7. The van der Waals surface area contributed by atoms with Gasteiger partial charge in [0.1, 0.15) is 6.04 Å². The molecule has 0 bridgehead atoms. The number of thiol groups is 1. The fraction of sp³-hybridized carbons (Fsp3) is 0.320. The Bertz CT molecular complexity index is 1080. The first-order valence-electron chi connectivity index (χ1n) is 10.7. The maximum absolute atomic E-state index is 13.0. The Hall–Kier alpha value is -2.89. The van der Waals surface area contributed by atoms with Gasteiger partial charge in [-0.1, -0.05) is 30.0 Å². The monoisotopic (exact) mass is 481 g/mol. The first-order chi connectivity index (χ1) is 16.0. The molecule has 1 aliphatic heterocycles. The van der Waals surface area contributed by atoms with Crippen molar-refractivity contribution in [1.82, 2.24) is 5.32 Å². The Labute approximate surface area is 204 Å². The predicted molar refractivity (Wildman–Crippen MR) is 139 cm³/mol. The molecular formula is C25H27N3O3S2. The van der Waals surface area contributed by atoms with E-state index in [1.807, 2.05) is 42.7 Å². The standard InChI is InChI=1S/C25H27N3O3S2/c1-33-14-12-21(25(30)31)28-24(29)20-10-9-19(27-16-22-23(32)11-13-26-22)15-18(20)8-7-17-5-3-2-4-6-17/h2-6,9-10,15,21,23,27,32H,11-14,16H2,1H3,(H,28,29)(H,30,31)/t21-,23?/m0/s1. The molecule has 0 spiro atoms. The van der Waals surface area contributed by atoms with Crippen LogP contribution in [0.25, 0.3) is 0 Å². The maximum atomic E-state index is 13.0. The topological polar surface area (TPSA) is 90.8 Å². The Morgan fingerprint density at radius 3 is 2.70 bits per heavy atom. The van der Waals surface area contributed by atoms with E-state index in [9.17, 15) is 14.7 Å². The second-order valence-electron chi connectivity index (χ2n) is 7.55. The molecule has 2 aromatic rings. The van der Waals surface area contributed by atoms with Gasteiger partial charge in [0.15, 0.2) is 0 Å². The third-order valence-corrected chi connectivity index (χ3v) is 6.37. The first kappa shape index (κ1) is 24.7. The Kier molecular flexibility index (Phi) is 9.28. The second-order valence-corrected chi connectivity index (χ2v) is 9.16. The van der Waals surface area contributed by atoms with Gasteiger partial charge < -0.3 is 15.7 Å². The lowest BCUT2D eigenvalue weighted by molar-refractivity contribution is -0.139. The number of aliphatic imine (C=N–C) groups is 1. The largest absolute Gasteiger partial charge is 0.480 e. The van der Waals surface area contributed by atoms with Crippen LogP contribution in [0, 0.1) is 11.8 Å². The van der Waals surface area contributed by atoms with Gasteiger partial charge in [0, 0.05) is 34.3 Å². The number of carbonyl (C=O) groups is 2. The van der Waals surface area contributed by atoms with Crippen molar-refractivity contribution in [3.63, 3.8) is 0 Å². The van der Waals surface area contributed by atoms with Crippen LogP contribution in [0.3, 0.4) is 0 Å². The van der Waals surface area contributed by atoms with E-state index in [4.69, 9.17) is 0 Å². The van der Waals surface area contributed by atoms with Gasteiger partial charge in [-0.05, 0) is 55.2 Å². The van der Waals surface area contributed by atoms with Gasteiger partial charge in [-0.15, -0.1) is 0 Å². The van der Waals surface area contributed by atoms with Crippen LogP contribution in [0.4, 0.5) is 5.69 Å². The molecule has 8 heteroatoms. The number of nitrogens with zero attached hydrogens (tertiary/aromatic N) is 1.